The fourth-order valence-corrected chi connectivity index (χ4v) is 0.335. The molecule has 2 heteroatoms. The highest BCUT2D eigenvalue weighted by Crippen LogP contribution is 2.16. The summed E-state index contributed by atoms with van der Waals surface area (Å²) in [5.41, 5.74) is 0.300. The second-order valence-corrected chi connectivity index (χ2v) is 3.03. The van der Waals surface area contributed by atoms with Crippen LogP contribution in [0.4, 0.5) is 0 Å². The zero-order valence-electron chi connectivity index (χ0n) is 5.86. The molecule has 0 aromatic heterocycles. The highest BCUT2D eigenvalue weighted by Gasteiger charge is 2.06. The van der Waals surface area contributed by atoms with Crippen LogP contribution in [0, 0.1) is 5.41 Å². The first-order valence-electron chi connectivity index (χ1n) is 2.67. The van der Waals surface area contributed by atoms with Gasteiger partial charge in [0.2, 0.25) is 0 Å². The average molecular weight is 120 g/mol. The van der Waals surface area contributed by atoms with Gasteiger partial charge >= 0.3 is 0 Å². The van der Waals surface area contributed by atoms with Gasteiger partial charge in [0.1, 0.15) is 0 Å². The first-order chi connectivity index (χ1) is 3.06. The fourth-order valence-electron chi connectivity index (χ4n) is 0.335. The number of hydrogen-bond acceptors (Lipinski definition) is 1. The second-order valence-electron chi connectivity index (χ2n) is 3.03. The normalized spacial score (nSPS) is 10.5. The van der Waals surface area contributed by atoms with Gasteiger partial charge in [-0.25, -0.2) is 0 Å². The minimum atomic E-state index is 0. The van der Waals surface area contributed by atoms with Crippen LogP contribution in [-0.2, 0) is 0 Å². The molecule has 0 unspecified atom stereocenters. The lowest BCUT2D eigenvalue weighted by molar-refractivity contribution is 0.225. The number of aliphatic hydroxyl groups is 1. The lowest BCUT2D eigenvalue weighted by Gasteiger charge is -2.14. The third-order valence-corrected chi connectivity index (χ3v) is 0.862. The van der Waals surface area contributed by atoms with Crippen molar-refractivity contribution in [2.24, 2.45) is 5.41 Å². The lowest BCUT2D eigenvalue weighted by Crippen LogP contribution is -2.06. The summed E-state index contributed by atoms with van der Waals surface area (Å²) >= 11 is 0. The Bertz CT molecular complexity index is 45.0. The van der Waals surface area contributed by atoms with Gasteiger partial charge in [-0.1, -0.05) is 20.8 Å². The largest absolute Gasteiger partial charge is 0.412 e. The number of aliphatic hydroxyl groups excluding tert-OH is 1. The van der Waals surface area contributed by atoms with Crippen molar-refractivity contribution in [3.05, 3.63) is 0 Å². The molecule has 0 aliphatic carbocycles. The summed E-state index contributed by atoms with van der Waals surface area (Å²) < 4.78 is 0. The quantitative estimate of drug-likeness (QED) is 0.541. The molecule has 3 N–H and O–H groups in total. The topological polar surface area (TPSA) is 51.7 Å². The molecule has 0 aromatic carbocycles. The van der Waals surface area contributed by atoms with Crippen molar-refractivity contribution in [3.8, 4) is 0 Å². The maximum atomic E-state index is 8.40. The smallest absolute Gasteiger partial charge is 0.0436 e. The molecule has 0 radical (unpaired) electrons. The molecule has 0 spiro atoms. The van der Waals surface area contributed by atoms with Crippen LogP contribution in [0.25, 0.3) is 0 Å². The van der Waals surface area contributed by atoms with Crippen LogP contribution in [0.5, 0.6) is 0 Å². The highest BCUT2D eigenvalue weighted by molar-refractivity contribution is 4.58. The Morgan fingerprint density at radius 1 is 1.25 bits per heavy atom. The van der Waals surface area contributed by atoms with Gasteiger partial charge in [-0.3, -0.25) is 0 Å². The van der Waals surface area contributed by atoms with Crippen LogP contribution in [-0.4, -0.2) is 17.2 Å². The highest BCUT2D eigenvalue weighted by atomic mass is 16.3. The third-order valence-electron chi connectivity index (χ3n) is 0.862. The molecule has 0 atom stereocenters. The SMILES string of the molecule is CC(C)(C)CCO.O. The van der Waals surface area contributed by atoms with E-state index in [4.69, 9.17) is 5.11 Å². The summed E-state index contributed by atoms with van der Waals surface area (Å²) in [6.07, 6.45) is 0.896. The van der Waals surface area contributed by atoms with Crippen molar-refractivity contribution in [1.82, 2.24) is 0 Å². The molecule has 52 valence electrons. The van der Waals surface area contributed by atoms with E-state index < -0.39 is 0 Å². The van der Waals surface area contributed by atoms with Crippen molar-refractivity contribution in [1.29, 1.82) is 0 Å². The van der Waals surface area contributed by atoms with E-state index in [0.29, 0.717) is 12.0 Å². The Balaban J connectivity index is 0. The minimum absolute atomic E-state index is 0. The molecule has 0 saturated carbocycles. The Morgan fingerprint density at radius 2 is 1.62 bits per heavy atom. The van der Waals surface area contributed by atoms with Crippen LogP contribution in [0.3, 0.4) is 0 Å². The van der Waals surface area contributed by atoms with Crippen molar-refractivity contribution >= 4 is 0 Å². The molecular weight excluding hydrogens is 104 g/mol. The molecule has 0 aliphatic rings. The standard InChI is InChI=1S/C6H14O.H2O/c1-6(2,3)4-5-7;/h7H,4-5H2,1-3H3;1H2. The van der Waals surface area contributed by atoms with Gasteiger partial charge < -0.3 is 10.6 Å². The molecule has 0 aromatic rings. The molecular formula is C6H16O2. The van der Waals surface area contributed by atoms with E-state index >= 15 is 0 Å². The van der Waals surface area contributed by atoms with Gasteiger partial charge in [0.05, 0.1) is 0 Å². The van der Waals surface area contributed by atoms with E-state index in [0.717, 1.165) is 6.42 Å². The molecule has 0 aliphatic heterocycles. The third kappa shape index (κ3) is 9.33. The van der Waals surface area contributed by atoms with Gasteiger partial charge in [0.15, 0.2) is 0 Å². The summed E-state index contributed by atoms with van der Waals surface area (Å²) in [5, 5.41) is 8.40. The Hall–Kier alpha value is -0.0800. The van der Waals surface area contributed by atoms with Crippen LogP contribution in [0.1, 0.15) is 27.2 Å². The fraction of sp³-hybridized carbons (Fsp3) is 1.00. The number of hydrogen-bond donors (Lipinski definition) is 1. The van der Waals surface area contributed by atoms with E-state index in [-0.39, 0.29) is 5.48 Å². The monoisotopic (exact) mass is 120 g/mol. The van der Waals surface area contributed by atoms with Gasteiger partial charge in [0, 0.05) is 6.61 Å². The van der Waals surface area contributed by atoms with Crippen molar-refractivity contribution < 1.29 is 10.6 Å². The zero-order chi connectivity index (χ0) is 5.91. The van der Waals surface area contributed by atoms with E-state index in [2.05, 4.69) is 20.8 Å². The predicted molar refractivity (Wildman–Crippen MR) is 34.8 cm³/mol. The molecule has 0 amide bonds. The maximum absolute atomic E-state index is 8.40. The maximum Gasteiger partial charge on any atom is 0.0436 e. The average Bonchev–Trinajstić information content (AvgIpc) is 1.30. The molecule has 0 bridgehead atoms. The summed E-state index contributed by atoms with van der Waals surface area (Å²) in [7, 11) is 0. The van der Waals surface area contributed by atoms with Crippen molar-refractivity contribution in [3.63, 3.8) is 0 Å². The van der Waals surface area contributed by atoms with E-state index in [1.54, 1.807) is 0 Å². The Kier molecular flexibility index (Phi) is 5.23. The predicted octanol–water partition coefficient (Wildman–Crippen LogP) is 0.590. The van der Waals surface area contributed by atoms with Crippen molar-refractivity contribution in [2.45, 2.75) is 27.2 Å². The number of rotatable bonds is 1. The summed E-state index contributed by atoms with van der Waals surface area (Å²) in [4.78, 5) is 0. The van der Waals surface area contributed by atoms with Gasteiger partial charge in [-0.2, -0.15) is 0 Å². The van der Waals surface area contributed by atoms with E-state index in [9.17, 15) is 0 Å². The Labute approximate surface area is 50.8 Å². The molecule has 8 heavy (non-hydrogen) atoms. The van der Waals surface area contributed by atoms with Gasteiger partial charge in [-0.05, 0) is 11.8 Å². The van der Waals surface area contributed by atoms with E-state index in [1.807, 2.05) is 0 Å². The molecule has 0 saturated heterocycles. The van der Waals surface area contributed by atoms with Crippen LogP contribution < -0.4 is 0 Å². The van der Waals surface area contributed by atoms with Gasteiger partial charge in [0.25, 0.3) is 0 Å². The lowest BCUT2D eigenvalue weighted by atomic mass is 9.93. The zero-order valence-corrected chi connectivity index (χ0v) is 5.86. The molecule has 0 rings (SSSR count). The first-order valence-corrected chi connectivity index (χ1v) is 2.67. The summed E-state index contributed by atoms with van der Waals surface area (Å²) in [6.45, 7) is 6.65. The van der Waals surface area contributed by atoms with Gasteiger partial charge in [-0.15, -0.1) is 0 Å². The minimum Gasteiger partial charge on any atom is -0.412 e. The van der Waals surface area contributed by atoms with Crippen LogP contribution in [0.15, 0.2) is 0 Å². The molecule has 0 fully saturated rings. The molecule has 2 nitrogen and oxygen atoms in total. The van der Waals surface area contributed by atoms with Crippen molar-refractivity contribution in [2.75, 3.05) is 6.61 Å². The summed E-state index contributed by atoms with van der Waals surface area (Å²) in [6, 6.07) is 0. The van der Waals surface area contributed by atoms with Crippen LogP contribution >= 0.6 is 0 Å². The first kappa shape index (κ1) is 10.8. The molecule has 0 heterocycles. The Morgan fingerprint density at radius 3 is 1.62 bits per heavy atom. The van der Waals surface area contributed by atoms with Crippen LogP contribution in [0.2, 0.25) is 0 Å². The summed E-state index contributed by atoms with van der Waals surface area (Å²) in [5.74, 6) is 0. The second kappa shape index (κ2) is 3.87. The van der Waals surface area contributed by atoms with E-state index in [1.165, 1.54) is 0 Å².